The Morgan fingerprint density at radius 2 is 1.90 bits per heavy atom. The van der Waals surface area contributed by atoms with Crippen molar-refractivity contribution in [1.29, 1.82) is 0 Å². The van der Waals surface area contributed by atoms with E-state index in [0.29, 0.717) is 22.7 Å². The summed E-state index contributed by atoms with van der Waals surface area (Å²) in [5.74, 6) is 0.445. The minimum Gasteiger partial charge on any atom is -0.493 e. The molecule has 0 radical (unpaired) electrons. The van der Waals surface area contributed by atoms with Gasteiger partial charge >= 0.3 is 0 Å². The molecule has 150 valence electrons. The van der Waals surface area contributed by atoms with E-state index >= 15 is 0 Å². The standard InChI is InChI=1S/C21H20N2O4S2/c1-13-12-28-21(22-13)29-17-7-5-16(6-8-17)23-20(25)11-27-18-9-4-15(14(2)24)10-19(18)26-3/h4-10,12H,11H2,1-3H3,(H,23,25). The summed E-state index contributed by atoms with van der Waals surface area (Å²) in [6.45, 7) is 3.27. The normalized spacial score (nSPS) is 10.4. The highest BCUT2D eigenvalue weighted by Gasteiger charge is 2.11. The number of ether oxygens (including phenoxy) is 2. The molecule has 0 atom stereocenters. The lowest BCUT2D eigenvalue weighted by atomic mass is 10.1. The summed E-state index contributed by atoms with van der Waals surface area (Å²) in [6.07, 6.45) is 0. The number of hydrogen-bond donors (Lipinski definition) is 1. The molecule has 3 aromatic rings. The molecule has 0 saturated heterocycles. The maximum atomic E-state index is 12.2. The van der Waals surface area contributed by atoms with E-state index in [-0.39, 0.29) is 18.3 Å². The van der Waals surface area contributed by atoms with Gasteiger partial charge in [0.1, 0.15) is 0 Å². The van der Waals surface area contributed by atoms with Crippen molar-refractivity contribution in [2.24, 2.45) is 0 Å². The number of methoxy groups -OCH3 is 1. The van der Waals surface area contributed by atoms with Crippen LogP contribution in [0.4, 0.5) is 5.69 Å². The summed E-state index contributed by atoms with van der Waals surface area (Å²) in [7, 11) is 1.48. The van der Waals surface area contributed by atoms with E-state index in [1.54, 1.807) is 41.3 Å². The van der Waals surface area contributed by atoms with Gasteiger partial charge in [0, 0.05) is 27.2 Å². The minimum atomic E-state index is -0.293. The smallest absolute Gasteiger partial charge is 0.262 e. The van der Waals surface area contributed by atoms with Crippen molar-refractivity contribution in [3.63, 3.8) is 0 Å². The molecule has 1 aromatic heterocycles. The van der Waals surface area contributed by atoms with Crippen LogP contribution in [0, 0.1) is 6.92 Å². The van der Waals surface area contributed by atoms with Gasteiger partial charge in [-0.05, 0) is 56.3 Å². The fraction of sp³-hybridized carbons (Fsp3) is 0.190. The summed E-state index contributed by atoms with van der Waals surface area (Å²) in [5, 5.41) is 4.81. The third-order valence-corrected chi connectivity index (χ3v) is 5.93. The Balaban J connectivity index is 1.55. The Labute approximate surface area is 177 Å². The molecule has 0 aliphatic heterocycles. The Bertz CT molecular complexity index is 1020. The van der Waals surface area contributed by atoms with Crippen LogP contribution in [0.25, 0.3) is 0 Å². The van der Waals surface area contributed by atoms with Gasteiger partial charge in [0.15, 0.2) is 28.2 Å². The van der Waals surface area contributed by atoms with Gasteiger partial charge in [-0.15, -0.1) is 11.3 Å². The number of nitrogens with one attached hydrogen (secondary N) is 1. The molecule has 8 heteroatoms. The highest BCUT2D eigenvalue weighted by atomic mass is 32.2. The molecule has 0 fully saturated rings. The van der Waals surface area contributed by atoms with Crippen LogP contribution in [0.3, 0.4) is 0 Å². The second-order valence-electron chi connectivity index (χ2n) is 6.14. The number of aromatic nitrogens is 1. The lowest BCUT2D eigenvalue weighted by Crippen LogP contribution is -2.20. The van der Waals surface area contributed by atoms with E-state index in [1.165, 1.54) is 14.0 Å². The van der Waals surface area contributed by atoms with Crippen LogP contribution in [0.5, 0.6) is 11.5 Å². The quantitative estimate of drug-likeness (QED) is 0.518. The molecule has 1 amide bonds. The number of aryl methyl sites for hydroxylation is 1. The molecule has 1 N–H and O–H groups in total. The van der Waals surface area contributed by atoms with E-state index in [1.807, 2.05) is 36.6 Å². The van der Waals surface area contributed by atoms with Gasteiger partial charge in [-0.2, -0.15) is 0 Å². The zero-order valence-corrected chi connectivity index (χ0v) is 17.9. The van der Waals surface area contributed by atoms with Gasteiger partial charge in [0.2, 0.25) is 0 Å². The van der Waals surface area contributed by atoms with Crippen LogP contribution in [0.1, 0.15) is 23.0 Å². The number of amides is 1. The number of anilines is 1. The van der Waals surface area contributed by atoms with Crippen LogP contribution < -0.4 is 14.8 Å². The monoisotopic (exact) mass is 428 g/mol. The molecule has 0 bridgehead atoms. The number of carbonyl (C=O) groups excluding carboxylic acids is 2. The lowest BCUT2D eigenvalue weighted by Gasteiger charge is -2.12. The van der Waals surface area contributed by atoms with Crippen molar-refractivity contribution in [2.45, 2.75) is 23.1 Å². The van der Waals surface area contributed by atoms with Crippen LogP contribution in [-0.4, -0.2) is 30.4 Å². The van der Waals surface area contributed by atoms with Crippen LogP contribution in [0.2, 0.25) is 0 Å². The van der Waals surface area contributed by atoms with E-state index < -0.39 is 0 Å². The fourth-order valence-electron chi connectivity index (χ4n) is 2.43. The summed E-state index contributed by atoms with van der Waals surface area (Å²) in [4.78, 5) is 29.1. The Kier molecular flexibility index (Phi) is 6.90. The van der Waals surface area contributed by atoms with Gasteiger partial charge < -0.3 is 14.8 Å². The maximum absolute atomic E-state index is 12.2. The molecule has 0 aliphatic carbocycles. The van der Waals surface area contributed by atoms with Crippen molar-refractivity contribution in [1.82, 2.24) is 4.98 Å². The topological polar surface area (TPSA) is 77.5 Å². The Morgan fingerprint density at radius 1 is 1.14 bits per heavy atom. The minimum absolute atomic E-state index is 0.0702. The van der Waals surface area contributed by atoms with Crippen LogP contribution in [0.15, 0.2) is 57.1 Å². The van der Waals surface area contributed by atoms with Crippen molar-refractivity contribution in [3.8, 4) is 11.5 Å². The van der Waals surface area contributed by atoms with E-state index in [2.05, 4.69) is 10.3 Å². The summed E-state index contributed by atoms with van der Waals surface area (Å²) in [5.41, 5.74) is 2.20. The average molecular weight is 429 g/mol. The predicted octanol–water partition coefficient (Wildman–Crippen LogP) is 4.83. The highest BCUT2D eigenvalue weighted by Crippen LogP contribution is 2.31. The molecule has 0 unspecified atom stereocenters. The maximum Gasteiger partial charge on any atom is 0.262 e. The number of Topliss-reactive ketones (excluding diaryl/α,β-unsaturated/α-hetero) is 1. The number of carbonyl (C=O) groups is 2. The SMILES string of the molecule is COc1cc(C(C)=O)ccc1OCC(=O)Nc1ccc(Sc2nc(C)cs2)cc1. The molecule has 6 nitrogen and oxygen atoms in total. The molecular weight excluding hydrogens is 408 g/mol. The molecule has 0 spiro atoms. The van der Waals surface area contributed by atoms with E-state index in [4.69, 9.17) is 9.47 Å². The molecular formula is C21H20N2O4S2. The second-order valence-corrected chi connectivity index (χ2v) is 8.32. The van der Waals surface area contributed by atoms with Gasteiger partial charge in [0.05, 0.1) is 7.11 Å². The summed E-state index contributed by atoms with van der Waals surface area (Å²) >= 11 is 3.19. The zero-order chi connectivity index (χ0) is 20.8. The fourth-order valence-corrected chi connectivity index (χ4v) is 4.24. The summed E-state index contributed by atoms with van der Waals surface area (Å²) in [6, 6.07) is 12.4. The number of thiazole rings is 1. The number of benzene rings is 2. The third kappa shape index (κ3) is 5.82. The Morgan fingerprint density at radius 3 is 2.52 bits per heavy atom. The number of ketones is 1. The summed E-state index contributed by atoms with van der Waals surface area (Å²) < 4.78 is 11.8. The zero-order valence-electron chi connectivity index (χ0n) is 16.2. The first-order valence-electron chi connectivity index (χ1n) is 8.76. The van der Waals surface area contributed by atoms with Crippen LogP contribution >= 0.6 is 23.1 Å². The molecule has 0 aliphatic rings. The molecule has 2 aromatic carbocycles. The first-order chi connectivity index (χ1) is 13.9. The number of rotatable bonds is 8. The predicted molar refractivity (Wildman–Crippen MR) is 115 cm³/mol. The van der Waals surface area contributed by atoms with Crippen molar-refractivity contribution < 1.29 is 19.1 Å². The van der Waals surface area contributed by atoms with Crippen molar-refractivity contribution in [3.05, 3.63) is 59.1 Å². The molecule has 0 saturated carbocycles. The number of nitrogens with zero attached hydrogens (tertiary/aromatic N) is 1. The second kappa shape index (κ2) is 9.58. The molecule has 3 rings (SSSR count). The van der Waals surface area contributed by atoms with Gasteiger partial charge in [-0.1, -0.05) is 11.8 Å². The van der Waals surface area contributed by atoms with Gasteiger partial charge in [-0.3, -0.25) is 9.59 Å². The Hall–Kier alpha value is -2.84. The van der Waals surface area contributed by atoms with Crippen molar-refractivity contribution in [2.75, 3.05) is 19.0 Å². The van der Waals surface area contributed by atoms with E-state index in [9.17, 15) is 9.59 Å². The van der Waals surface area contributed by atoms with E-state index in [0.717, 1.165) is 14.9 Å². The van der Waals surface area contributed by atoms with Gasteiger partial charge in [-0.25, -0.2) is 4.98 Å². The third-order valence-electron chi connectivity index (χ3n) is 3.87. The van der Waals surface area contributed by atoms with Crippen LogP contribution in [-0.2, 0) is 4.79 Å². The largest absolute Gasteiger partial charge is 0.493 e. The first kappa shape index (κ1) is 20.9. The molecule has 1 heterocycles. The average Bonchev–Trinajstić information content (AvgIpc) is 3.12. The first-order valence-corrected chi connectivity index (χ1v) is 10.5. The van der Waals surface area contributed by atoms with Gasteiger partial charge in [0.25, 0.3) is 5.91 Å². The molecule has 29 heavy (non-hydrogen) atoms. The number of hydrogen-bond acceptors (Lipinski definition) is 7. The lowest BCUT2D eigenvalue weighted by molar-refractivity contribution is -0.118. The highest BCUT2D eigenvalue weighted by molar-refractivity contribution is 8.01. The van der Waals surface area contributed by atoms with Crippen molar-refractivity contribution >= 4 is 40.5 Å².